The van der Waals surface area contributed by atoms with Crippen molar-refractivity contribution in [2.45, 2.75) is 18.9 Å². The van der Waals surface area contributed by atoms with E-state index in [1.165, 1.54) is 12.5 Å². The van der Waals surface area contributed by atoms with Crippen molar-refractivity contribution in [3.63, 3.8) is 0 Å². The molecule has 1 N–H and O–H groups in total. The molecule has 0 aliphatic rings. The molecule has 1 aromatic rings. The zero-order valence-corrected chi connectivity index (χ0v) is 9.94. The number of nitrogens with one attached hydrogen (secondary N) is 1. The van der Waals surface area contributed by atoms with Gasteiger partial charge >= 0.3 is 0 Å². The van der Waals surface area contributed by atoms with Crippen molar-refractivity contribution in [1.82, 2.24) is 5.32 Å². The highest BCUT2D eigenvalue weighted by Crippen LogP contribution is 2.16. The van der Waals surface area contributed by atoms with Crippen LogP contribution in [0.1, 0.15) is 23.7 Å². The summed E-state index contributed by atoms with van der Waals surface area (Å²) < 4.78 is 4.82. The molecule has 3 nitrogen and oxygen atoms in total. The van der Waals surface area contributed by atoms with Crippen LogP contribution in [0.2, 0.25) is 0 Å². The van der Waals surface area contributed by atoms with Crippen LogP contribution >= 0.6 is 23.2 Å². The van der Waals surface area contributed by atoms with Crippen LogP contribution in [0.4, 0.5) is 0 Å². The van der Waals surface area contributed by atoms with Gasteiger partial charge in [0, 0.05) is 11.8 Å². The van der Waals surface area contributed by atoms with Crippen molar-refractivity contribution in [2.75, 3.05) is 11.8 Å². The summed E-state index contributed by atoms with van der Waals surface area (Å²) in [4.78, 5) is 11.7. The Kier molecular flexibility index (Phi) is 4.48. The molecule has 1 aromatic heterocycles. The second-order valence-corrected chi connectivity index (χ2v) is 3.90. The van der Waals surface area contributed by atoms with E-state index in [0.717, 1.165) is 0 Å². The van der Waals surface area contributed by atoms with E-state index in [4.69, 9.17) is 27.6 Å². The molecular weight excluding hydrogens is 237 g/mol. The number of hydrogen-bond donors (Lipinski definition) is 1. The maximum Gasteiger partial charge on any atom is 0.255 e. The highest BCUT2D eigenvalue weighted by atomic mass is 35.5. The minimum Gasteiger partial charge on any atom is -0.472 e. The Labute approximate surface area is 98.7 Å². The quantitative estimate of drug-likeness (QED) is 0.816. The first-order valence-electron chi connectivity index (χ1n) is 4.64. The molecule has 0 fully saturated rings. The van der Waals surface area contributed by atoms with Crippen LogP contribution in [0.15, 0.2) is 23.0 Å². The first kappa shape index (κ1) is 12.4. The van der Waals surface area contributed by atoms with E-state index in [0.29, 0.717) is 12.0 Å². The fraction of sp³-hybridized carbons (Fsp3) is 0.500. The largest absolute Gasteiger partial charge is 0.472 e. The second-order valence-electron chi connectivity index (χ2n) is 3.37. The predicted molar refractivity (Wildman–Crippen MR) is 60.6 cm³/mol. The third kappa shape index (κ3) is 2.89. The van der Waals surface area contributed by atoms with Crippen LogP contribution in [0.25, 0.3) is 0 Å². The van der Waals surface area contributed by atoms with Gasteiger partial charge in [-0.2, -0.15) is 0 Å². The first-order chi connectivity index (χ1) is 7.17. The molecule has 0 atom stereocenters. The minimum absolute atomic E-state index is 0.216. The lowest BCUT2D eigenvalue weighted by atomic mass is 10.0. The van der Waals surface area contributed by atoms with Gasteiger partial charge in [-0.1, -0.05) is 6.92 Å². The van der Waals surface area contributed by atoms with E-state index in [1.54, 1.807) is 6.07 Å². The van der Waals surface area contributed by atoms with Crippen LogP contribution < -0.4 is 5.32 Å². The first-order valence-corrected chi connectivity index (χ1v) is 5.71. The van der Waals surface area contributed by atoms with Gasteiger partial charge in [0.05, 0.1) is 17.4 Å². The lowest BCUT2D eigenvalue weighted by Gasteiger charge is -2.29. The Bertz CT molecular complexity index is 299. The van der Waals surface area contributed by atoms with Crippen LogP contribution in [-0.2, 0) is 0 Å². The fourth-order valence-corrected chi connectivity index (χ4v) is 1.88. The Balaban J connectivity index is 2.71. The summed E-state index contributed by atoms with van der Waals surface area (Å²) in [6, 6.07) is 1.60. The smallest absolute Gasteiger partial charge is 0.255 e. The molecule has 1 amide bonds. The summed E-state index contributed by atoms with van der Waals surface area (Å²) >= 11 is 11.6. The zero-order chi connectivity index (χ0) is 11.3. The van der Waals surface area contributed by atoms with Crippen molar-refractivity contribution in [3.05, 3.63) is 24.2 Å². The summed E-state index contributed by atoms with van der Waals surface area (Å²) in [5, 5.41) is 2.82. The molecule has 0 bridgehead atoms. The van der Waals surface area contributed by atoms with Gasteiger partial charge in [0.1, 0.15) is 6.26 Å². The van der Waals surface area contributed by atoms with E-state index in [9.17, 15) is 4.79 Å². The third-order valence-electron chi connectivity index (χ3n) is 2.35. The molecule has 0 aliphatic heterocycles. The van der Waals surface area contributed by atoms with Crippen molar-refractivity contribution in [3.8, 4) is 0 Å². The maximum absolute atomic E-state index is 11.7. The number of alkyl halides is 2. The lowest BCUT2D eigenvalue weighted by molar-refractivity contribution is 0.0913. The number of furan rings is 1. The second kappa shape index (κ2) is 5.42. The van der Waals surface area contributed by atoms with Crippen molar-refractivity contribution in [1.29, 1.82) is 0 Å². The van der Waals surface area contributed by atoms with Gasteiger partial charge in [-0.3, -0.25) is 4.79 Å². The summed E-state index contributed by atoms with van der Waals surface area (Å²) in [5.41, 5.74) is -0.0691. The normalized spacial score (nSPS) is 11.4. The van der Waals surface area contributed by atoms with Gasteiger partial charge in [-0.05, 0) is 12.5 Å². The third-order valence-corrected chi connectivity index (χ3v) is 3.37. The molecule has 0 saturated carbocycles. The molecule has 0 spiro atoms. The summed E-state index contributed by atoms with van der Waals surface area (Å²) in [6.07, 6.45) is 3.52. The Hall–Kier alpha value is -0.670. The number of carbonyl (C=O) groups is 1. The van der Waals surface area contributed by atoms with Gasteiger partial charge < -0.3 is 9.73 Å². The standard InChI is InChI=1S/C10H13Cl2NO2/c1-2-10(6-11,7-12)13-9(14)8-3-4-15-5-8/h3-5H,2,6-7H2,1H3,(H,13,14). The average molecular weight is 250 g/mol. The Morgan fingerprint density at radius 2 is 2.20 bits per heavy atom. The molecule has 0 aromatic carbocycles. The molecule has 84 valence electrons. The molecular formula is C10H13Cl2NO2. The number of hydrogen-bond acceptors (Lipinski definition) is 2. The number of carbonyl (C=O) groups excluding carboxylic acids is 1. The van der Waals surface area contributed by atoms with Gasteiger partial charge in [-0.25, -0.2) is 0 Å². The minimum atomic E-state index is -0.544. The fourth-order valence-electron chi connectivity index (χ4n) is 1.09. The lowest BCUT2D eigenvalue weighted by Crippen LogP contribution is -2.51. The average Bonchev–Trinajstić information content (AvgIpc) is 2.79. The van der Waals surface area contributed by atoms with E-state index < -0.39 is 5.54 Å². The van der Waals surface area contributed by atoms with Gasteiger partial charge in [0.2, 0.25) is 0 Å². The molecule has 1 heterocycles. The number of rotatable bonds is 5. The molecule has 1 rings (SSSR count). The molecule has 0 saturated heterocycles. The molecule has 0 aliphatic carbocycles. The van der Waals surface area contributed by atoms with Gasteiger partial charge in [0.15, 0.2) is 0 Å². The summed E-state index contributed by atoms with van der Waals surface area (Å²) in [5.74, 6) is 0.361. The Morgan fingerprint density at radius 1 is 1.53 bits per heavy atom. The van der Waals surface area contributed by atoms with Crippen LogP contribution in [0.3, 0.4) is 0 Å². The predicted octanol–water partition coefficient (Wildman–Crippen LogP) is 2.64. The topological polar surface area (TPSA) is 42.2 Å². The van der Waals surface area contributed by atoms with E-state index in [1.807, 2.05) is 6.92 Å². The molecule has 0 unspecified atom stereocenters. The van der Waals surface area contributed by atoms with Gasteiger partial charge in [0.25, 0.3) is 5.91 Å². The number of amides is 1. The van der Waals surface area contributed by atoms with Crippen molar-refractivity contribution >= 4 is 29.1 Å². The van der Waals surface area contributed by atoms with Crippen LogP contribution in [0, 0.1) is 0 Å². The molecule has 5 heteroatoms. The van der Waals surface area contributed by atoms with Crippen molar-refractivity contribution < 1.29 is 9.21 Å². The SMILES string of the molecule is CCC(CCl)(CCl)NC(=O)c1ccoc1. The van der Waals surface area contributed by atoms with Crippen molar-refractivity contribution in [2.24, 2.45) is 0 Å². The Morgan fingerprint density at radius 3 is 2.60 bits per heavy atom. The number of halogens is 2. The summed E-state index contributed by atoms with van der Waals surface area (Å²) in [6.45, 7) is 1.93. The monoisotopic (exact) mass is 249 g/mol. The molecule has 15 heavy (non-hydrogen) atoms. The van der Waals surface area contributed by atoms with Gasteiger partial charge in [-0.15, -0.1) is 23.2 Å². The van der Waals surface area contributed by atoms with Crippen LogP contribution in [0.5, 0.6) is 0 Å². The van der Waals surface area contributed by atoms with Crippen LogP contribution in [-0.4, -0.2) is 23.2 Å². The van der Waals surface area contributed by atoms with E-state index >= 15 is 0 Å². The zero-order valence-electron chi connectivity index (χ0n) is 8.43. The van der Waals surface area contributed by atoms with E-state index in [2.05, 4.69) is 5.32 Å². The van der Waals surface area contributed by atoms with E-state index in [-0.39, 0.29) is 17.7 Å². The highest BCUT2D eigenvalue weighted by Gasteiger charge is 2.28. The highest BCUT2D eigenvalue weighted by molar-refractivity contribution is 6.22. The molecule has 0 radical (unpaired) electrons. The maximum atomic E-state index is 11.7. The summed E-state index contributed by atoms with van der Waals surface area (Å²) in [7, 11) is 0.